The van der Waals surface area contributed by atoms with Gasteiger partial charge >= 0.3 is 0 Å². The molecule has 118 valence electrons. The summed E-state index contributed by atoms with van der Waals surface area (Å²) in [6, 6.07) is 6.40. The van der Waals surface area contributed by atoms with Crippen LogP contribution in [0.5, 0.6) is 11.5 Å². The highest BCUT2D eigenvalue weighted by molar-refractivity contribution is 5.44. The molecule has 1 fully saturated rings. The highest BCUT2D eigenvalue weighted by atomic mass is 16.5. The second kappa shape index (κ2) is 7.64. The molecular weight excluding hydrogens is 268 g/mol. The van der Waals surface area contributed by atoms with E-state index in [1.165, 1.54) is 5.56 Å². The molecule has 0 radical (unpaired) electrons. The third-order valence-electron chi connectivity index (χ3n) is 4.11. The molecule has 0 saturated carbocycles. The molecule has 0 amide bonds. The summed E-state index contributed by atoms with van der Waals surface area (Å²) in [7, 11) is 5.04. The largest absolute Gasteiger partial charge is 0.493 e. The van der Waals surface area contributed by atoms with Crippen LogP contribution in [-0.2, 0) is 4.74 Å². The van der Waals surface area contributed by atoms with E-state index < -0.39 is 0 Å². The Hall–Kier alpha value is -1.30. The van der Waals surface area contributed by atoms with Gasteiger partial charge in [0, 0.05) is 19.7 Å². The fourth-order valence-electron chi connectivity index (χ4n) is 3.05. The van der Waals surface area contributed by atoms with Crippen molar-refractivity contribution in [3.63, 3.8) is 0 Å². The van der Waals surface area contributed by atoms with Crippen molar-refractivity contribution in [2.24, 2.45) is 5.73 Å². The lowest BCUT2D eigenvalue weighted by Gasteiger charge is -2.40. The van der Waals surface area contributed by atoms with Crippen LogP contribution in [0, 0.1) is 0 Å². The first-order valence-corrected chi connectivity index (χ1v) is 7.41. The Morgan fingerprint density at radius 1 is 1.19 bits per heavy atom. The first-order chi connectivity index (χ1) is 10.2. The van der Waals surface area contributed by atoms with Crippen LogP contribution in [0.3, 0.4) is 0 Å². The van der Waals surface area contributed by atoms with Crippen molar-refractivity contribution in [3.05, 3.63) is 23.8 Å². The average molecular weight is 294 g/mol. The molecule has 0 aliphatic carbocycles. The van der Waals surface area contributed by atoms with Gasteiger partial charge in [0.2, 0.25) is 0 Å². The van der Waals surface area contributed by atoms with E-state index in [-0.39, 0.29) is 12.1 Å². The minimum Gasteiger partial charge on any atom is -0.493 e. The SMILES string of the molecule is COCCN1CCCC(N)C1c1ccc(OC)c(OC)c1. The van der Waals surface area contributed by atoms with Gasteiger partial charge in [0.15, 0.2) is 11.5 Å². The van der Waals surface area contributed by atoms with Crippen LogP contribution >= 0.6 is 0 Å². The lowest BCUT2D eigenvalue weighted by molar-refractivity contribution is 0.0846. The number of nitrogens with zero attached hydrogens (tertiary/aromatic N) is 1. The number of hydrogen-bond acceptors (Lipinski definition) is 5. The molecule has 0 spiro atoms. The minimum absolute atomic E-state index is 0.133. The maximum Gasteiger partial charge on any atom is 0.161 e. The van der Waals surface area contributed by atoms with E-state index in [0.717, 1.165) is 44.0 Å². The Bertz CT molecular complexity index is 453. The Morgan fingerprint density at radius 3 is 2.62 bits per heavy atom. The van der Waals surface area contributed by atoms with Crippen molar-refractivity contribution in [2.45, 2.75) is 24.9 Å². The summed E-state index contributed by atoms with van der Waals surface area (Å²) in [5, 5.41) is 0. The van der Waals surface area contributed by atoms with Gasteiger partial charge < -0.3 is 19.9 Å². The number of rotatable bonds is 6. The van der Waals surface area contributed by atoms with Crippen molar-refractivity contribution in [2.75, 3.05) is 41.0 Å². The third-order valence-corrected chi connectivity index (χ3v) is 4.11. The summed E-state index contributed by atoms with van der Waals surface area (Å²) in [6.45, 7) is 2.66. The van der Waals surface area contributed by atoms with Crippen LogP contribution in [0.4, 0.5) is 0 Å². The van der Waals surface area contributed by atoms with E-state index >= 15 is 0 Å². The van der Waals surface area contributed by atoms with E-state index in [0.29, 0.717) is 0 Å². The summed E-state index contributed by atoms with van der Waals surface area (Å²) in [5.74, 6) is 1.49. The number of likely N-dealkylation sites (tertiary alicyclic amines) is 1. The lowest BCUT2D eigenvalue weighted by atomic mass is 9.90. The number of methoxy groups -OCH3 is 3. The molecule has 1 aliphatic rings. The molecule has 2 atom stereocenters. The Morgan fingerprint density at radius 2 is 1.95 bits per heavy atom. The number of piperidine rings is 1. The highest BCUT2D eigenvalue weighted by Gasteiger charge is 2.30. The van der Waals surface area contributed by atoms with E-state index in [9.17, 15) is 0 Å². The van der Waals surface area contributed by atoms with Crippen molar-refractivity contribution in [1.29, 1.82) is 0 Å². The zero-order valence-electron chi connectivity index (χ0n) is 13.2. The molecule has 2 rings (SSSR count). The highest BCUT2D eigenvalue weighted by Crippen LogP contribution is 2.35. The summed E-state index contributed by atoms with van der Waals surface area (Å²) >= 11 is 0. The van der Waals surface area contributed by atoms with Crippen molar-refractivity contribution in [1.82, 2.24) is 4.90 Å². The van der Waals surface area contributed by atoms with Gasteiger partial charge in [-0.15, -0.1) is 0 Å². The van der Waals surface area contributed by atoms with Crippen molar-refractivity contribution < 1.29 is 14.2 Å². The summed E-state index contributed by atoms with van der Waals surface area (Å²) in [5.41, 5.74) is 7.56. The van der Waals surface area contributed by atoms with Gasteiger partial charge in [-0.25, -0.2) is 0 Å². The topological polar surface area (TPSA) is 57.0 Å². The molecule has 0 bridgehead atoms. The number of benzene rings is 1. The van der Waals surface area contributed by atoms with Crippen LogP contribution in [-0.4, -0.2) is 52.0 Å². The molecule has 1 saturated heterocycles. The van der Waals surface area contributed by atoms with E-state index in [1.807, 2.05) is 12.1 Å². The zero-order valence-corrected chi connectivity index (χ0v) is 13.2. The normalized spacial score (nSPS) is 23.0. The molecular formula is C16H26N2O3. The minimum atomic E-state index is 0.133. The number of nitrogens with two attached hydrogens (primary N) is 1. The zero-order chi connectivity index (χ0) is 15.2. The van der Waals surface area contributed by atoms with Gasteiger partial charge in [-0.2, -0.15) is 0 Å². The molecule has 1 aliphatic heterocycles. The number of hydrogen-bond donors (Lipinski definition) is 1. The molecule has 2 N–H and O–H groups in total. The van der Waals surface area contributed by atoms with Gasteiger partial charge in [0.25, 0.3) is 0 Å². The maximum atomic E-state index is 6.38. The van der Waals surface area contributed by atoms with E-state index in [4.69, 9.17) is 19.9 Å². The smallest absolute Gasteiger partial charge is 0.161 e. The quantitative estimate of drug-likeness (QED) is 0.867. The molecule has 1 heterocycles. The van der Waals surface area contributed by atoms with Gasteiger partial charge in [0.1, 0.15) is 0 Å². The summed E-state index contributed by atoms with van der Waals surface area (Å²) < 4.78 is 15.9. The molecule has 5 nitrogen and oxygen atoms in total. The van der Waals surface area contributed by atoms with Crippen LogP contribution in [0.1, 0.15) is 24.4 Å². The molecule has 5 heteroatoms. The fraction of sp³-hybridized carbons (Fsp3) is 0.625. The van der Waals surface area contributed by atoms with Gasteiger partial charge in [-0.3, -0.25) is 4.90 Å². The van der Waals surface area contributed by atoms with Crippen LogP contribution < -0.4 is 15.2 Å². The van der Waals surface area contributed by atoms with Crippen molar-refractivity contribution in [3.8, 4) is 11.5 Å². The predicted molar refractivity (Wildman–Crippen MR) is 82.9 cm³/mol. The second-order valence-corrected chi connectivity index (χ2v) is 5.39. The van der Waals surface area contributed by atoms with Crippen LogP contribution in [0.25, 0.3) is 0 Å². The Labute approximate surface area is 127 Å². The van der Waals surface area contributed by atoms with Crippen molar-refractivity contribution >= 4 is 0 Å². The van der Waals surface area contributed by atoms with E-state index in [2.05, 4.69) is 11.0 Å². The Balaban J connectivity index is 2.26. The molecule has 21 heavy (non-hydrogen) atoms. The summed E-state index contributed by atoms with van der Waals surface area (Å²) in [6.07, 6.45) is 2.18. The third kappa shape index (κ3) is 3.67. The molecule has 1 aromatic carbocycles. The molecule has 0 aromatic heterocycles. The van der Waals surface area contributed by atoms with Gasteiger partial charge in [-0.1, -0.05) is 6.07 Å². The standard InChI is InChI=1S/C16H26N2O3/c1-19-10-9-18-8-4-5-13(17)16(18)12-6-7-14(20-2)15(11-12)21-3/h6-7,11,13,16H,4-5,8-10,17H2,1-3H3. The number of ether oxygens (including phenoxy) is 3. The average Bonchev–Trinajstić information content (AvgIpc) is 2.52. The maximum absolute atomic E-state index is 6.38. The lowest BCUT2D eigenvalue weighted by Crippen LogP contribution is -2.46. The van der Waals surface area contributed by atoms with Crippen LogP contribution in [0.2, 0.25) is 0 Å². The molecule has 2 unspecified atom stereocenters. The predicted octanol–water partition coefficient (Wildman–Crippen LogP) is 1.81. The second-order valence-electron chi connectivity index (χ2n) is 5.39. The fourth-order valence-corrected chi connectivity index (χ4v) is 3.05. The first-order valence-electron chi connectivity index (χ1n) is 7.41. The van der Waals surface area contributed by atoms with Crippen LogP contribution in [0.15, 0.2) is 18.2 Å². The Kier molecular flexibility index (Phi) is 5.85. The summed E-state index contributed by atoms with van der Waals surface area (Å²) in [4.78, 5) is 2.40. The van der Waals surface area contributed by atoms with E-state index in [1.54, 1.807) is 21.3 Å². The van der Waals surface area contributed by atoms with Gasteiger partial charge in [0.05, 0.1) is 26.9 Å². The first kappa shape index (κ1) is 16.1. The monoisotopic (exact) mass is 294 g/mol. The molecule has 1 aromatic rings. The van der Waals surface area contributed by atoms with Gasteiger partial charge in [-0.05, 0) is 37.1 Å².